The van der Waals surface area contributed by atoms with Gasteiger partial charge in [-0.1, -0.05) is 0 Å². The number of carbonyl (C=O) groups is 1. The lowest BCUT2D eigenvalue weighted by Crippen LogP contribution is -2.46. The van der Waals surface area contributed by atoms with Gasteiger partial charge in [0.2, 0.25) is 5.88 Å². The van der Waals surface area contributed by atoms with Crippen LogP contribution in [0.5, 0.6) is 5.88 Å². The largest absolute Gasteiger partial charge is 0.478 e. The van der Waals surface area contributed by atoms with E-state index in [0.717, 1.165) is 38.6 Å². The van der Waals surface area contributed by atoms with Crippen LogP contribution in [-0.2, 0) is 4.74 Å². The maximum Gasteiger partial charge on any atom is 0.410 e. The summed E-state index contributed by atoms with van der Waals surface area (Å²) in [6, 6.07) is 3.02. The van der Waals surface area contributed by atoms with Crippen molar-refractivity contribution in [1.29, 1.82) is 0 Å². The van der Waals surface area contributed by atoms with Gasteiger partial charge in [0.1, 0.15) is 11.8 Å². The molecule has 1 aromatic rings. The Labute approximate surface area is 153 Å². The van der Waals surface area contributed by atoms with Gasteiger partial charge in [-0.15, -0.1) is 0 Å². The number of pyridine rings is 1. The van der Waals surface area contributed by atoms with Crippen LogP contribution in [0.15, 0.2) is 18.3 Å². The number of rotatable bonds is 6. The molecule has 0 aromatic carbocycles. The van der Waals surface area contributed by atoms with Gasteiger partial charge in [-0.05, 0) is 52.9 Å². The zero-order valence-corrected chi connectivity index (χ0v) is 15.6. The minimum Gasteiger partial charge on any atom is -0.478 e. The molecule has 1 aliphatic heterocycles. The summed E-state index contributed by atoms with van der Waals surface area (Å²) in [7, 11) is 0. The van der Waals surface area contributed by atoms with Gasteiger partial charge in [-0.2, -0.15) is 0 Å². The molecule has 1 fully saturated rings. The average Bonchev–Trinajstić information content (AvgIpc) is 2.58. The molecule has 0 aliphatic carbocycles. The van der Waals surface area contributed by atoms with Crippen molar-refractivity contribution in [2.45, 2.75) is 64.5 Å². The van der Waals surface area contributed by atoms with Crippen LogP contribution in [0, 0.1) is 10.1 Å². The summed E-state index contributed by atoms with van der Waals surface area (Å²) in [6.45, 7) is 6.78. The number of piperidine rings is 1. The fourth-order valence-electron chi connectivity index (χ4n) is 2.92. The number of carbonyl (C=O) groups excluding carboxylic acids is 1. The van der Waals surface area contributed by atoms with E-state index >= 15 is 0 Å². The monoisotopic (exact) mass is 365 g/mol. The number of hydrogen-bond donors (Lipinski definition) is 0. The van der Waals surface area contributed by atoms with Gasteiger partial charge >= 0.3 is 6.09 Å². The van der Waals surface area contributed by atoms with E-state index in [-0.39, 0.29) is 17.8 Å². The van der Waals surface area contributed by atoms with Crippen molar-refractivity contribution in [3.8, 4) is 5.88 Å². The Balaban J connectivity index is 1.79. The fourth-order valence-corrected chi connectivity index (χ4v) is 2.92. The molecule has 26 heavy (non-hydrogen) atoms. The molecule has 0 radical (unpaired) electrons. The molecule has 2 heterocycles. The molecular formula is C18H27N3O5. The summed E-state index contributed by atoms with van der Waals surface area (Å²) in [5.41, 5.74) is -0.559. The highest BCUT2D eigenvalue weighted by molar-refractivity contribution is 5.68. The molecule has 2 rings (SSSR count). The smallest absolute Gasteiger partial charge is 0.410 e. The molecule has 8 heteroatoms. The van der Waals surface area contributed by atoms with E-state index in [2.05, 4.69) is 4.98 Å². The summed E-state index contributed by atoms with van der Waals surface area (Å²) in [6.07, 6.45) is 5.60. The number of aromatic nitrogens is 1. The minimum absolute atomic E-state index is 0.0624. The highest BCUT2D eigenvalue weighted by Gasteiger charge is 2.30. The third-order valence-corrected chi connectivity index (χ3v) is 4.12. The Bertz CT molecular complexity index is 612. The summed E-state index contributed by atoms with van der Waals surface area (Å²) in [5.74, 6) is 0.364. The van der Waals surface area contributed by atoms with Gasteiger partial charge < -0.3 is 14.4 Å². The lowest BCUT2D eigenvalue weighted by molar-refractivity contribution is -0.385. The molecule has 0 bridgehead atoms. The molecule has 1 saturated heterocycles. The maximum absolute atomic E-state index is 12.4. The predicted molar refractivity (Wildman–Crippen MR) is 96.2 cm³/mol. The van der Waals surface area contributed by atoms with E-state index < -0.39 is 10.5 Å². The van der Waals surface area contributed by atoms with E-state index in [1.165, 1.54) is 18.3 Å². The zero-order chi connectivity index (χ0) is 19.2. The number of nitro groups is 1. The Kier molecular flexibility index (Phi) is 6.76. The molecule has 1 aliphatic rings. The number of likely N-dealkylation sites (tertiary alicyclic amines) is 1. The molecule has 0 unspecified atom stereocenters. The van der Waals surface area contributed by atoms with Crippen LogP contribution in [0.2, 0.25) is 0 Å². The summed E-state index contributed by atoms with van der Waals surface area (Å²) >= 11 is 0. The molecule has 1 atom stereocenters. The van der Waals surface area contributed by atoms with Gasteiger partial charge in [-0.3, -0.25) is 10.1 Å². The lowest BCUT2D eigenvalue weighted by Gasteiger charge is -2.36. The maximum atomic E-state index is 12.4. The Hall–Kier alpha value is -2.38. The SMILES string of the molecule is CC(C)(C)OC(=O)N1CCCC[C@H]1CCCOc1ccc([N+](=O)[O-])cn1. The number of nitrogens with zero attached hydrogens (tertiary/aromatic N) is 3. The second-order valence-electron chi connectivity index (χ2n) is 7.43. The summed E-state index contributed by atoms with van der Waals surface area (Å²) < 4.78 is 11.0. The van der Waals surface area contributed by atoms with Crippen LogP contribution in [0.25, 0.3) is 0 Å². The number of hydrogen-bond acceptors (Lipinski definition) is 6. The van der Waals surface area contributed by atoms with Crippen molar-refractivity contribution >= 4 is 11.8 Å². The van der Waals surface area contributed by atoms with Crippen molar-refractivity contribution in [3.05, 3.63) is 28.4 Å². The molecule has 8 nitrogen and oxygen atoms in total. The first-order valence-corrected chi connectivity index (χ1v) is 8.99. The predicted octanol–water partition coefficient (Wildman–Crippen LogP) is 3.94. The Morgan fingerprint density at radius 2 is 2.15 bits per heavy atom. The van der Waals surface area contributed by atoms with Crippen LogP contribution in [0.4, 0.5) is 10.5 Å². The van der Waals surface area contributed by atoms with Crippen molar-refractivity contribution < 1.29 is 19.2 Å². The van der Waals surface area contributed by atoms with E-state index in [1.54, 1.807) is 0 Å². The van der Waals surface area contributed by atoms with Crippen LogP contribution < -0.4 is 4.74 Å². The normalized spacial score (nSPS) is 17.7. The van der Waals surface area contributed by atoms with Gasteiger partial charge in [0, 0.05) is 24.7 Å². The standard InChI is InChI=1S/C18H27N3O5/c1-18(2,3)26-17(22)20-11-5-4-7-14(20)8-6-12-25-16-10-9-15(13-19-16)21(23)24/h9-10,13-14H,4-8,11-12H2,1-3H3/t14-/m0/s1. The van der Waals surface area contributed by atoms with E-state index in [9.17, 15) is 14.9 Å². The van der Waals surface area contributed by atoms with Crippen LogP contribution in [0.1, 0.15) is 52.9 Å². The number of ether oxygens (including phenoxy) is 2. The van der Waals surface area contributed by atoms with Crippen molar-refractivity contribution in [2.24, 2.45) is 0 Å². The second-order valence-corrected chi connectivity index (χ2v) is 7.43. The summed E-state index contributed by atoms with van der Waals surface area (Å²) in [4.78, 5) is 28.2. The van der Waals surface area contributed by atoms with Gasteiger partial charge in [0.05, 0.1) is 11.5 Å². The average molecular weight is 365 g/mol. The topological polar surface area (TPSA) is 94.8 Å². The summed E-state index contributed by atoms with van der Waals surface area (Å²) in [5, 5.41) is 10.6. The van der Waals surface area contributed by atoms with E-state index in [4.69, 9.17) is 9.47 Å². The molecule has 0 N–H and O–H groups in total. The molecular weight excluding hydrogens is 338 g/mol. The first-order chi connectivity index (χ1) is 12.3. The van der Waals surface area contributed by atoms with Crippen molar-refractivity contribution in [3.63, 3.8) is 0 Å². The quantitative estimate of drug-likeness (QED) is 0.430. The number of amides is 1. The molecule has 1 amide bonds. The Morgan fingerprint density at radius 3 is 2.77 bits per heavy atom. The van der Waals surface area contributed by atoms with Gasteiger partial charge in [0.25, 0.3) is 5.69 Å². The van der Waals surface area contributed by atoms with Gasteiger partial charge in [-0.25, -0.2) is 9.78 Å². The second kappa shape index (κ2) is 8.82. The fraction of sp³-hybridized carbons (Fsp3) is 0.667. The van der Waals surface area contributed by atoms with Crippen molar-refractivity contribution in [2.75, 3.05) is 13.2 Å². The third kappa shape index (κ3) is 6.16. The highest BCUT2D eigenvalue weighted by atomic mass is 16.6. The first-order valence-electron chi connectivity index (χ1n) is 8.99. The van der Waals surface area contributed by atoms with E-state index in [1.807, 2.05) is 25.7 Å². The Morgan fingerprint density at radius 1 is 1.38 bits per heavy atom. The van der Waals surface area contributed by atoms with Crippen molar-refractivity contribution in [1.82, 2.24) is 9.88 Å². The molecule has 1 aromatic heterocycles. The lowest BCUT2D eigenvalue weighted by atomic mass is 9.98. The molecule has 0 saturated carbocycles. The van der Waals surface area contributed by atoms with Gasteiger partial charge in [0.15, 0.2) is 0 Å². The minimum atomic E-state index is -0.496. The third-order valence-electron chi connectivity index (χ3n) is 4.12. The van der Waals surface area contributed by atoms with Crippen LogP contribution >= 0.6 is 0 Å². The first kappa shape index (κ1) is 19.9. The van der Waals surface area contributed by atoms with Crippen LogP contribution in [0.3, 0.4) is 0 Å². The van der Waals surface area contributed by atoms with Crippen LogP contribution in [-0.4, -0.2) is 45.7 Å². The highest BCUT2D eigenvalue weighted by Crippen LogP contribution is 2.23. The zero-order valence-electron chi connectivity index (χ0n) is 15.6. The molecule has 0 spiro atoms. The molecule has 144 valence electrons. The van der Waals surface area contributed by atoms with E-state index in [0.29, 0.717) is 12.5 Å².